The lowest BCUT2D eigenvalue weighted by atomic mass is 9.82. The van der Waals surface area contributed by atoms with Gasteiger partial charge in [-0.1, -0.05) is 42.0 Å². The molecule has 4 nitrogen and oxygen atoms in total. The fourth-order valence-electron chi connectivity index (χ4n) is 5.66. The van der Waals surface area contributed by atoms with Gasteiger partial charge in [0.2, 0.25) is 0 Å². The van der Waals surface area contributed by atoms with Gasteiger partial charge in [0.25, 0.3) is 5.91 Å². The molecule has 2 fully saturated rings. The summed E-state index contributed by atoms with van der Waals surface area (Å²) in [5.74, 6) is 0.645. The Labute approximate surface area is 195 Å². The van der Waals surface area contributed by atoms with E-state index in [0.717, 1.165) is 44.6 Å². The van der Waals surface area contributed by atoms with Crippen LogP contribution in [0.5, 0.6) is 0 Å². The lowest BCUT2D eigenvalue weighted by Gasteiger charge is -2.39. The number of nitrogens with zero attached hydrogens (tertiary/aromatic N) is 3. The molecule has 5 rings (SSSR count). The van der Waals surface area contributed by atoms with E-state index in [1.807, 2.05) is 12.1 Å². The molecule has 1 aromatic heterocycles. The van der Waals surface area contributed by atoms with Crippen molar-refractivity contribution in [2.24, 2.45) is 11.8 Å². The summed E-state index contributed by atoms with van der Waals surface area (Å²) in [6.45, 7) is 5.77. The maximum absolute atomic E-state index is 13.4. The molecule has 3 heterocycles. The topological polar surface area (TPSA) is 36.4 Å². The minimum atomic E-state index is -0.209. The maximum atomic E-state index is 13.4. The Hall–Kier alpha value is -3.05. The van der Waals surface area contributed by atoms with Crippen molar-refractivity contribution in [1.29, 1.82) is 0 Å². The highest BCUT2D eigenvalue weighted by Gasteiger charge is 2.46. The molecule has 0 spiro atoms. The average molecular weight is 444 g/mol. The number of pyridine rings is 1. The molecule has 1 amide bonds. The minimum Gasteiger partial charge on any atom is -0.335 e. The summed E-state index contributed by atoms with van der Waals surface area (Å²) in [6, 6.07) is 19.4. The van der Waals surface area contributed by atoms with E-state index in [4.69, 9.17) is 0 Å². The number of likely N-dealkylation sites (tertiary alicyclic amines) is 2. The van der Waals surface area contributed by atoms with Crippen LogP contribution in [0.1, 0.15) is 33.5 Å². The van der Waals surface area contributed by atoms with Crippen molar-refractivity contribution in [1.82, 2.24) is 14.8 Å². The van der Waals surface area contributed by atoms with Gasteiger partial charge in [-0.05, 0) is 67.0 Å². The van der Waals surface area contributed by atoms with Crippen LogP contribution in [0.25, 0.3) is 0 Å². The Bertz CT molecular complexity index is 1100. The Morgan fingerprint density at radius 2 is 1.82 bits per heavy atom. The number of amides is 1. The van der Waals surface area contributed by atoms with Gasteiger partial charge in [-0.15, -0.1) is 0 Å². The molecule has 0 bridgehead atoms. The van der Waals surface area contributed by atoms with Gasteiger partial charge in [0.1, 0.15) is 5.82 Å². The number of aryl methyl sites for hydroxylation is 1. The molecule has 2 saturated heterocycles. The van der Waals surface area contributed by atoms with Crippen LogP contribution in [0.3, 0.4) is 0 Å². The quantitative estimate of drug-likeness (QED) is 0.572. The molecule has 0 unspecified atom stereocenters. The summed E-state index contributed by atoms with van der Waals surface area (Å²) in [7, 11) is 0. The van der Waals surface area contributed by atoms with E-state index in [2.05, 4.69) is 46.0 Å². The zero-order chi connectivity index (χ0) is 22.8. The molecule has 0 N–H and O–H groups in total. The molecule has 33 heavy (non-hydrogen) atoms. The first-order valence-corrected chi connectivity index (χ1v) is 11.8. The lowest BCUT2D eigenvalue weighted by molar-refractivity contribution is 0.0609. The van der Waals surface area contributed by atoms with E-state index in [1.54, 1.807) is 24.5 Å². The Balaban J connectivity index is 1.37. The van der Waals surface area contributed by atoms with Gasteiger partial charge in [0.15, 0.2) is 0 Å². The monoisotopic (exact) mass is 443 g/mol. The largest absolute Gasteiger partial charge is 0.335 e. The van der Waals surface area contributed by atoms with E-state index in [-0.39, 0.29) is 17.8 Å². The maximum Gasteiger partial charge on any atom is 0.254 e. The van der Waals surface area contributed by atoms with Crippen LogP contribution in [0.2, 0.25) is 0 Å². The van der Waals surface area contributed by atoms with Gasteiger partial charge in [-0.25, -0.2) is 4.39 Å². The SMILES string of the molecule is Cc1cccc(CN2CC[C@H]3[C@@H](C2)[C@H](Cc2ccc(F)cc2)CN3C(=O)c2ccncc2)c1. The first-order chi connectivity index (χ1) is 16.1. The van der Waals surface area contributed by atoms with Gasteiger partial charge in [0, 0.05) is 50.2 Å². The van der Waals surface area contributed by atoms with Crippen molar-refractivity contribution >= 4 is 5.91 Å². The molecule has 0 aliphatic carbocycles. The fraction of sp³-hybridized carbons (Fsp3) is 0.357. The van der Waals surface area contributed by atoms with Gasteiger partial charge in [-0.3, -0.25) is 14.7 Å². The fourth-order valence-corrected chi connectivity index (χ4v) is 5.66. The normalized spacial score (nSPS) is 22.8. The standard InChI is InChI=1S/C28H30FN3O/c1-20-3-2-4-22(15-20)17-31-14-11-27-26(19-31)24(16-21-5-7-25(29)8-6-21)18-32(27)28(33)23-9-12-30-13-10-23/h2-10,12-13,15,24,26-27H,11,14,16-19H2,1H3/t24-,26+,27+/m1/s1. The second kappa shape index (κ2) is 9.44. The van der Waals surface area contributed by atoms with Crippen molar-refractivity contribution in [3.63, 3.8) is 0 Å². The van der Waals surface area contributed by atoms with E-state index >= 15 is 0 Å². The number of carbonyl (C=O) groups excluding carboxylic acids is 1. The summed E-state index contributed by atoms with van der Waals surface area (Å²) < 4.78 is 13.4. The highest BCUT2D eigenvalue weighted by Crippen LogP contribution is 2.38. The van der Waals surface area contributed by atoms with E-state index in [1.165, 1.54) is 23.3 Å². The summed E-state index contributed by atoms with van der Waals surface area (Å²) in [5.41, 5.74) is 4.46. The molecule has 2 aromatic carbocycles. The summed E-state index contributed by atoms with van der Waals surface area (Å²) in [5, 5.41) is 0. The van der Waals surface area contributed by atoms with Crippen LogP contribution in [-0.4, -0.2) is 46.4 Å². The molecule has 170 valence electrons. The predicted octanol–water partition coefficient (Wildman–Crippen LogP) is 4.73. The molecule has 3 aromatic rings. The molecule has 0 saturated carbocycles. The van der Waals surface area contributed by atoms with Crippen molar-refractivity contribution in [3.05, 3.63) is 101 Å². The molecule has 2 aliphatic rings. The first kappa shape index (κ1) is 21.8. The third-order valence-electron chi connectivity index (χ3n) is 7.23. The zero-order valence-corrected chi connectivity index (χ0v) is 19.0. The van der Waals surface area contributed by atoms with Crippen LogP contribution in [-0.2, 0) is 13.0 Å². The molecular formula is C28H30FN3O. The van der Waals surface area contributed by atoms with Crippen LogP contribution < -0.4 is 0 Å². The lowest BCUT2D eigenvalue weighted by Crippen LogP contribution is -2.47. The van der Waals surface area contributed by atoms with Crippen molar-refractivity contribution < 1.29 is 9.18 Å². The zero-order valence-electron chi connectivity index (χ0n) is 19.0. The average Bonchev–Trinajstić information content (AvgIpc) is 3.18. The van der Waals surface area contributed by atoms with Crippen LogP contribution in [0, 0.1) is 24.6 Å². The van der Waals surface area contributed by atoms with E-state index in [0.29, 0.717) is 17.4 Å². The number of fused-ring (bicyclic) bond motifs is 1. The number of aromatic nitrogens is 1. The number of benzene rings is 2. The van der Waals surface area contributed by atoms with Crippen LogP contribution in [0.15, 0.2) is 73.1 Å². The predicted molar refractivity (Wildman–Crippen MR) is 127 cm³/mol. The molecular weight excluding hydrogens is 413 g/mol. The van der Waals surface area contributed by atoms with Gasteiger partial charge < -0.3 is 4.90 Å². The van der Waals surface area contributed by atoms with E-state index < -0.39 is 0 Å². The number of hydrogen-bond acceptors (Lipinski definition) is 3. The minimum absolute atomic E-state index is 0.0983. The van der Waals surface area contributed by atoms with E-state index in [9.17, 15) is 9.18 Å². The van der Waals surface area contributed by atoms with Crippen molar-refractivity contribution in [3.8, 4) is 0 Å². The first-order valence-electron chi connectivity index (χ1n) is 11.8. The van der Waals surface area contributed by atoms with Gasteiger partial charge in [-0.2, -0.15) is 0 Å². The third kappa shape index (κ3) is 4.83. The van der Waals surface area contributed by atoms with Crippen molar-refractivity contribution in [2.45, 2.75) is 32.4 Å². The summed E-state index contributed by atoms with van der Waals surface area (Å²) in [4.78, 5) is 22.1. The molecule has 0 radical (unpaired) electrons. The number of piperidine rings is 1. The molecule has 2 aliphatic heterocycles. The Kier molecular flexibility index (Phi) is 6.23. The number of hydrogen-bond donors (Lipinski definition) is 0. The molecule has 3 atom stereocenters. The number of rotatable bonds is 5. The third-order valence-corrected chi connectivity index (χ3v) is 7.23. The second-order valence-corrected chi connectivity index (χ2v) is 9.53. The molecule has 5 heteroatoms. The van der Waals surface area contributed by atoms with Gasteiger partial charge in [0.05, 0.1) is 0 Å². The smallest absolute Gasteiger partial charge is 0.254 e. The summed E-state index contributed by atoms with van der Waals surface area (Å²) in [6.07, 6.45) is 5.20. The summed E-state index contributed by atoms with van der Waals surface area (Å²) >= 11 is 0. The number of carbonyl (C=O) groups is 1. The van der Waals surface area contributed by atoms with Gasteiger partial charge >= 0.3 is 0 Å². The highest BCUT2D eigenvalue weighted by atomic mass is 19.1. The van der Waals surface area contributed by atoms with Crippen LogP contribution in [0.4, 0.5) is 4.39 Å². The highest BCUT2D eigenvalue weighted by molar-refractivity contribution is 5.94. The Morgan fingerprint density at radius 3 is 2.58 bits per heavy atom. The second-order valence-electron chi connectivity index (χ2n) is 9.53. The van der Waals surface area contributed by atoms with Crippen LogP contribution >= 0.6 is 0 Å². The van der Waals surface area contributed by atoms with Crippen molar-refractivity contribution in [2.75, 3.05) is 19.6 Å². The Morgan fingerprint density at radius 1 is 1.03 bits per heavy atom. The number of halogens is 1.